The minimum absolute atomic E-state index is 0.231. The van der Waals surface area contributed by atoms with E-state index in [-0.39, 0.29) is 11.5 Å². The summed E-state index contributed by atoms with van der Waals surface area (Å²) in [5, 5.41) is 5.46. The lowest BCUT2D eigenvalue weighted by Gasteiger charge is -2.18. The third-order valence-corrected chi connectivity index (χ3v) is 6.60. The monoisotopic (exact) mass is 461 g/mol. The first-order valence-corrected chi connectivity index (χ1v) is 11.8. The van der Waals surface area contributed by atoms with E-state index in [9.17, 15) is 9.59 Å². The third kappa shape index (κ3) is 4.41. The Labute approximate surface area is 196 Å². The van der Waals surface area contributed by atoms with Crippen molar-refractivity contribution in [1.29, 1.82) is 0 Å². The molecule has 7 heteroatoms. The molecule has 170 valence electrons. The molecule has 0 spiro atoms. The van der Waals surface area contributed by atoms with Gasteiger partial charge in [-0.25, -0.2) is 4.98 Å². The molecule has 0 aliphatic carbocycles. The first kappa shape index (κ1) is 22.7. The van der Waals surface area contributed by atoms with Crippen molar-refractivity contribution in [2.45, 2.75) is 40.7 Å². The van der Waals surface area contributed by atoms with Crippen LogP contribution in [0.25, 0.3) is 21.3 Å². The Kier molecular flexibility index (Phi) is 6.33. The molecule has 1 N–H and O–H groups in total. The highest BCUT2D eigenvalue weighted by Crippen LogP contribution is 2.32. The van der Waals surface area contributed by atoms with E-state index in [1.165, 1.54) is 22.2 Å². The van der Waals surface area contributed by atoms with E-state index >= 15 is 0 Å². The number of carbonyl (C=O) groups is 1. The fraction of sp³-hybridized carbons (Fsp3) is 0.269. The Morgan fingerprint density at radius 3 is 2.45 bits per heavy atom. The average Bonchev–Trinajstić information content (AvgIpc) is 3.22. The Morgan fingerprint density at radius 1 is 1.15 bits per heavy atom. The smallest absolute Gasteiger partial charge is 0.263 e. The molecular formula is C26H27N3O3S. The van der Waals surface area contributed by atoms with Crippen LogP contribution in [0.1, 0.15) is 36.6 Å². The van der Waals surface area contributed by atoms with Crippen molar-refractivity contribution >= 4 is 33.1 Å². The SMILES string of the molecule is CCOc1ccc(-c2csc3ncn(C(C)C(=O)Nc4c(C)cc(C)cc4C)c(=O)c23)cc1. The van der Waals surface area contributed by atoms with Crippen LogP contribution in [0, 0.1) is 20.8 Å². The van der Waals surface area contributed by atoms with E-state index < -0.39 is 6.04 Å². The number of fused-ring (bicyclic) bond motifs is 1. The number of hydrogen-bond acceptors (Lipinski definition) is 5. The molecule has 1 atom stereocenters. The predicted octanol–water partition coefficient (Wildman–Crippen LogP) is 5.65. The van der Waals surface area contributed by atoms with Gasteiger partial charge in [0.15, 0.2) is 0 Å². The molecule has 1 amide bonds. The van der Waals surface area contributed by atoms with E-state index in [2.05, 4.69) is 10.3 Å². The maximum absolute atomic E-state index is 13.5. The zero-order chi connectivity index (χ0) is 23.7. The second-order valence-electron chi connectivity index (χ2n) is 8.18. The van der Waals surface area contributed by atoms with Crippen LogP contribution in [0.5, 0.6) is 5.75 Å². The van der Waals surface area contributed by atoms with Gasteiger partial charge in [0.2, 0.25) is 5.91 Å². The van der Waals surface area contributed by atoms with Crippen molar-refractivity contribution < 1.29 is 9.53 Å². The lowest BCUT2D eigenvalue weighted by Crippen LogP contribution is -2.32. The normalized spacial score (nSPS) is 12.0. The number of aromatic nitrogens is 2. The Morgan fingerprint density at radius 2 is 1.82 bits per heavy atom. The van der Waals surface area contributed by atoms with E-state index in [0.717, 1.165) is 39.3 Å². The Hall–Kier alpha value is -3.45. The lowest BCUT2D eigenvalue weighted by molar-refractivity contribution is -0.118. The largest absolute Gasteiger partial charge is 0.494 e. The van der Waals surface area contributed by atoms with Gasteiger partial charge in [-0.2, -0.15) is 0 Å². The van der Waals surface area contributed by atoms with Crippen LogP contribution in [0.2, 0.25) is 0 Å². The number of nitrogens with one attached hydrogen (secondary N) is 1. The van der Waals surface area contributed by atoms with Gasteiger partial charge >= 0.3 is 0 Å². The molecule has 4 rings (SSSR count). The van der Waals surface area contributed by atoms with E-state index in [4.69, 9.17) is 4.74 Å². The molecule has 2 aromatic carbocycles. The fourth-order valence-electron chi connectivity index (χ4n) is 4.06. The molecule has 0 aliphatic rings. The van der Waals surface area contributed by atoms with Crippen molar-refractivity contribution in [1.82, 2.24) is 9.55 Å². The summed E-state index contributed by atoms with van der Waals surface area (Å²) in [4.78, 5) is 31.6. The summed E-state index contributed by atoms with van der Waals surface area (Å²) in [6.07, 6.45) is 1.46. The Balaban J connectivity index is 1.68. The van der Waals surface area contributed by atoms with Gasteiger partial charge in [0.25, 0.3) is 5.56 Å². The van der Waals surface area contributed by atoms with Crippen LogP contribution < -0.4 is 15.6 Å². The maximum Gasteiger partial charge on any atom is 0.263 e. The van der Waals surface area contributed by atoms with E-state index in [0.29, 0.717) is 16.8 Å². The van der Waals surface area contributed by atoms with Gasteiger partial charge in [0.1, 0.15) is 16.6 Å². The van der Waals surface area contributed by atoms with Crippen LogP contribution in [0.3, 0.4) is 0 Å². The molecule has 0 aliphatic heterocycles. The molecule has 0 bridgehead atoms. The summed E-state index contributed by atoms with van der Waals surface area (Å²) in [6.45, 7) is 10.2. The standard InChI is InChI=1S/C26H27N3O3S/c1-6-32-20-9-7-19(8-10-20)21-13-33-25-22(21)26(31)29(14-27-25)18(5)24(30)28-23-16(3)11-15(2)12-17(23)4/h7-14,18H,6H2,1-5H3,(H,28,30). The molecule has 2 aromatic heterocycles. The van der Waals surface area contributed by atoms with Crippen LogP contribution in [-0.2, 0) is 4.79 Å². The molecule has 0 fully saturated rings. The van der Waals surface area contributed by atoms with Crippen LogP contribution in [-0.4, -0.2) is 22.1 Å². The summed E-state index contributed by atoms with van der Waals surface area (Å²) in [5.41, 5.74) is 5.39. The molecule has 4 aromatic rings. The molecule has 0 radical (unpaired) electrons. The number of thiophene rings is 1. The second kappa shape index (κ2) is 9.19. The first-order valence-electron chi connectivity index (χ1n) is 10.9. The highest BCUT2D eigenvalue weighted by Gasteiger charge is 2.21. The zero-order valence-corrected chi connectivity index (χ0v) is 20.2. The quantitative estimate of drug-likeness (QED) is 0.403. The predicted molar refractivity (Wildman–Crippen MR) is 134 cm³/mol. The van der Waals surface area contributed by atoms with Crippen molar-refractivity contribution in [2.24, 2.45) is 0 Å². The van der Waals surface area contributed by atoms with E-state index in [1.54, 1.807) is 6.92 Å². The number of amides is 1. The molecule has 0 saturated carbocycles. The third-order valence-electron chi connectivity index (χ3n) is 5.72. The van der Waals surface area contributed by atoms with Gasteiger partial charge in [0, 0.05) is 16.6 Å². The van der Waals surface area contributed by atoms with Crippen molar-refractivity contribution in [3.63, 3.8) is 0 Å². The first-order chi connectivity index (χ1) is 15.8. The number of aryl methyl sites for hydroxylation is 3. The molecule has 6 nitrogen and oxygen atoms in total. The van der Waals surface area contributed by atoms with Crippen molar-refractivity contribution in [2.75, 3.05) is 11.9 Å². The van der Waals surface area contributed by atoms with Gasteiger partial charge in [-0.3, -0.25) is 14.2 Å². The Bertz CT molecular complexity index is 1360. The summed E-state index contributed by atoms with van der Waals surface area (Å²) in [7, 11) is 0. The molecule has 2 heterocycles. The number of rotatable bonds is 6. The van der Waals surface area contributed by atoms with Crippen molar-refractivity contribution in [3.8, 4) is 16.9 Å². The number of carbonyl (C=O) groups excluding carboxylic acids is 1. The van der Waals surface area contributed by atoms with Crippen LogP contribution >= 0.6 is 11.3 Å². The molecule has 1 unspecified atom stereocenters. The van der Waals surface area contributed by atoms with E-state index in [1.807, 2.05) is 69.5 Å². The minimum atomic E-state index is -0.720. The topological polar surface area (TPSA) is 73.2 Å². The highest BCUT2D eigenvalue weighted by atomic mass is 32.1. The number of ether oxygens (including phenoxy) is 1. The minimum Gasteiger partial charge on any atom is -0.494 e. The number of nitrogens with zero attached hydrogens (tertiary/aromatic N) is 2. The number of anilines is 1. The van der Waals surface area contributed by atoms with Crippen LogP contribution in [0.4, 0.5) is 5.69 Å². The summed E-state index contributed by atoms with van der Waals surface area (Å²) in [5.74, 6) is 0.523. The fourth-order valence-corrected chi connectivity index (χ4v) is 4.97. The molecule has 33 heavy (non-hydrogen) atoms. The number of benzene rings is 2. The highest BCUT2D eigenvalue weighted by molar-refractivity contribution is 7.17. The summed E-state index contributed by atoms with van der Waals surface area (Å²) in [6, 6.07) is 11.0. The maximum atomic E-state index is 13.5. The van der Waals surface area contributed by atoms with Gasteiger partial charge in [-0.05, 0) is 63.4 Å². The molecular weight excluding hydrogens is 434 g/mol. The molecule has 0 saturated heterocycles. The van der Waals surface area contributed by atoms with Gasteiger partial charge in [-0.1, -0.05) is 29.8 Å². The number of hydrogen-bond donors (Lipinski definition) is 1. The van der Waals surface area contributed by atoms with Gasteiger partial charge in [0.05, 0.1) is 18.3 Å². The zero-order valence-electron chi connectivity index (χ0n) is 19.4. The summed E-state index contributed by atoms with van der Waals surface area (Å²) >= 11 is 1.42. The van der Waals surface area contributed by atoms with Gasteiger partial charge < -0.3 is 10.1 Å². The van der Waals surface area contributed by atoms with Crippen LogP contribution in [0.15, 0.2) is 52.9 Å². The average molecular weight is 462 g/mol. The van der Waals surface area contributed by atoms with Gasteiger partial charge in [-0.15, -0.1) is 11.3 Å². The van der Waals surface area contributed by atoms with Crippen molar-refractivity contribution in [3.05, 3.63) is 75.1 Å². The lowest BCUT2D eigenvalue weighted by atomic mass is 10.0. The second-order valence-corrected chi connectivity index (χ2v) is 9.04. The summed E-state index contributed by atoms with van der Waals surface area (Å²) < 4.78 is 6.92.